The van der Waals surface area contributed by atoms with Gasteiger partial charge in [-0.3, -0.25) is 11.3 Å². The van der Waals surface area contributed by atoms with E-state index in [2.05, 4.69) is 36.6 Å². The van der Waals surface area contributed by atoms with Gasteiger partial charge in [0.2, 0.25) is 0 Å². The monoisotopic (exact) mass is 258 g/mol. The highest BCUT2D eigenvalue weighted by molar-refractivity contribution is 5.24. The lowest BCUT2D eigenvalue weighted by Crippen LogP contribution is -2.28. The van der Waals surface area contributed by atoms with Crippen LogP contribution in [0.1, 0.15) is 29.2 Å². The van der Waals surface area contributed by atoms with Crippen LogP contribution in [0.5, 0.6) is 0 Å². The highest BCUT2D eigenvalue weighted by Gasteiger charge is 2.10. The van der Waals surface area contributed by atoms with Crippen LogP contribution in [0, 0.1) is 12.7 Å². The molecule has 19 heavy (non-hydrogen) atoms. The Labute approximate surface area is 113 Å². The average Bonchev–Trinajstić information content (AvgIpc) is 2.40. The van der Waals surface area contributed by atoms with Crippen molar-refractivity contribution in [2.75, 3.05) is 0 Å². The molecule has 0 fully saturated rings. The molecule has 0 aliphatic rings. The fourth-order valence-corrected chi connectivity index (χ4v) is 2.25. The maximum atomic E-state index is 13.2. The molecule has 2 aromatic carbocycles. The molecule has 3 heteroatoms. The van der Waals surface area contributed by atoms with E-state index in [0.29, 0.717) is 0 Å². The third kappa shape index (κ3) is 3.88. The maximum Gasteiger partial charge on any atom is 0.123 e. The van der Waals surface area contributed by atoms with Gasteiger partial charge in [-0.2, -0.15) is 0 Å². The Hall–Kier alpha value is -1.71. The minimum atomic E-state index is -0.228. The number of halogens is 1. The SMILES string of the molecule is Cc1cccc(CCC(NN)c2cccc(F)c2)c1. The zero-order chi connectivity index (χ0) is 13.7. The summed E-state index contributed by atoms with van der Waals surface area (Å²) in [6.07, 6.45) is 1.75. The standard InChI is InChI=1S/C16H19FN2/c1-12-4-2-5-13(10-12)8-9-16(19-18)14-6-3-7-15(17)11-14/h2-7,10-11,16,19H,8-9,18H2,1H3. The lowest BCUT2D eigenvalue weighted by atomic mass is 9.99. The van der Waals surface area contributed by atoms with Crippen LogP contribution in [0.15, 0.2) is 48.5 Å². The van der Waals surface area contributed by atoms with Gasteiger partial charge in [0.15, 0.2) is 0 Å². The molecular weight excluding hydrogens is 239 g/mol. The third-order valence-corrected chi connectivity index (χ3v) is 3.26. The molecule has 2 nitrogen and oxygen atoms in total. The fraction of sp³-hybridized carbons (Fsp3) is 0.250. The van der Waals surface area contributed by atoms with Gasteiger partial charge in [-0.25, -0.2) is 4.39 Å². The predicted molar refractivity (Wildman–Crippen MR) is 76.0 cm³/mol. The predicted octanol–water partition coefficient (Wildman–Crippen LogP) is 3.27. The van der Waals surface area contributed by atoms with E-state index in [1.54, 1.807) is 6.07 Å². The summed E-state index contributed by atoms with van der Waals surface area (Å²) in [7, 11) is 0. The summed E-state index contributed by atoms with van der Waals surface area (Å²) in [6.45, 7) is 2.08. The van der Waals surface area contributed by atoms with E-state index >= 15 is 0 Å². The first-order valence-electron chi connectivity index (χ1n) is 6.46. The van der Waals surface area contributed by atoms with Crippen LogP contribution in [0.3, 0.4) is 0 Å². The molecule has 100 valence electrons. The molecule has 0 heterocycles. The summed E-state index contributed by atoms with van der Waals surface area (Å²) in [5, 5.41) is 0. The zero-order valence-corrected chi connectivity index (χ0v) is 11.1. The van der Waals surface area contributed by atoms with Gasteiger partial charge in [-0.05, 0) is 43.0 Å². The first kappa shape index (κ1) is 13.7. The van der Waals surface area contributed by atoms with Crippen molar-refractivity contribution in [3.8, 4) is 0 Å². The van der Waals surface area contributed by atoms with Gasteiger partial charge in [-0.15, -0.1) is 0 Å². The van der Waals surface area contributed by atoms with Gasteiger partial charge >= 0.3 is 0 Å². The second kappa shape index (κ2) is 6.45. The first-order valence-corrected chi connectivity index (χ1v) is 6.46. The van der Waals surface area contributed by atoms with Crippen molar-refractivity contribution < 1.29 is 4.39 Å². The maximum absolute atomic E-state index is 13.2. The highest BCUT2D eigenvalue weighted by Crippen LogP contribution is 2.19. The molecule has 3 N–H and O–H groups in total. The Balaban J connectivity index is 2.04. The van der Waals surface area contributed by atoms with Crippen molar-refractivity contribution in [1.82, 2.24) is 5.43 Å². The first-order chi connectivity index (χ1) is 9.19. The largest absolute Gasteiger partial charge is 0.271 e. The Bertz CT molecular complexity index is 540. The molecule has 0 saturated carbocycles. The van der Waals surface area contributed by atoms with E-state index in [1.165, 1.54) is 23.3 Å². The van der Waals surface area contributed by atoms with Crippen LogP contribution in [-0.2, 0) is 6.42 Å². The number of nitrogens with one attached hydrogen (secondary N) is 1. The number of aryl methyl sites for hydroxylation is 2. The number of hydrogen-bond donors (Lipinski definition) is 2. The molecule has 0 saturated heterocycles. The molecule has 0 radical (unpaired) electrons. The van der Waals surface area contributed by atoms with Crippen molar-refractivity contribution in [2.45, 2.75) is 25.8 Å². The van der Waals surface area contributed by atoms with Crippen LogP contribution >= 0.6 is 0 Å². The van der Waals surface area contributed by atoms with Crippen molar-refractivity contribution in [3.05, 3.63) is 71.0 Å². The van der Waals surface area contributed by atoms with Crippen molar-refractivity contribution in [1.29, 1.82) is 0 Å². The molecule has 1 unspecified atom stereocenters. The van der Waals surface area contributed by atoms with Gasteiger partial charge in [0, 0.05) is 6.04 Å². The van der Waals surface area contributed by atoms with Crippen LogP contribution in [0.25, 0.3) is 0 Å². The lowest BCUT2D eigenvalue weighted by molar-refractivity contribution is 0.512. The van der Waals surface area contributed by atoms with Gasteiger partial charge in [0.1, 0.15) is 5.82 Å². The molecule has 0 aromatic heterocycles. The molecule has 0 amide bonds. The van der Waals surface area contributed by atoms with Gasteiger partial charge in [0.05, 0.1) is 0 Å². The van der Waals surface area contributed by atoms with Crippen molar-refractivity contribution >= 4 is 0 Å². The average molecular weight is 258 g/mol. The van der Waals surface area contributed by atoms with Crippen molar-refractivity contribution in [2.24, 2.45) is 5.84 Å². The summed E-state index contributed by atoms with van der Waals surface area (Å²) >= 11 is 0. The minimum absolute atomic E-state index is 0.0313. The molecular formula is C16H19FN2. The van der Waals surface area contributed by atoms with Gasteiger partial charge < -0.3 is 0 Å². The normalized spacial score (nSPS) is 12.4. The van der Waals surface area contributed by atoms with E-state index in [4.69, 9.17) is 5.84 Å². The minimum Gasteiger partial charge on any atom is -0.271 e. The van der Waals surface area contributed by atoms with E-state index < -0.39 is 0 Å². The third-order valence-electron chi connectivity index (χ3n) is 3.26. The van der Waals surface area contributed by atoms with Gasteiger partial charge in [-0.1, -0.05) is 42.0 Å². The van der Waals surface area contributed by atoms with Crippen molar-refractivity contribution in [3.63, 3.8) is 0 Å². The Morgan fingerprint density at radius 3 is 2.63 bits per heavy atom. The van der Waals surface area contributed by atoms with Crippen LogP contribution in [0.2, 0.25) is 0 Å². The zero-order valence-electron chi connectivity index (χ0n) is 11.1. The van der Waals surface area contributed by atoms with Crippen LogP contribution in [-0.4, -0.2) is 0 Å². The lowest BCUT2D eigenvalue weighted by Gasteiger charge is -2.16. The van der Waals surface area contributed by atoms with E-state index in [9.17, 15) is 4.39 Å². The number of benzene rings is 2. The number of rotatable bonds is 5. The summed E-state index contributed by atoms with van der Waals surface area (Å²) in [5.41, 5.74) is 6.17. The van der Waals surface area contributed by atoms with Crippen LogP contribution < -0.4 is 11.3 Å². The Morgan fingerprint density at radius 1 is 1.16 bits per heavy atom. The summed E-state index contributed by atoms with van der Waals surface area (Å²) in [5.74, 6) is 5.35. The molecule has 0 bridgehead atoms. The Morgan fingerprint density at radius 2 is 1.95 bits per heavy atom. The fourth-order valence-electron chi connectivity index (χ4n) is 2.25. The van der Waals surface area contributed by atoms with E-state index in [0.717, 1.165) is 18.4 Å². The quantitative estimate of drug-likeness (QED) is 0.638. The van der Waals surface area contributed by atoms with Crippen LogP contribution in [0.4, 0.5) is 4.39 Å². The summed E-state index contributed by atoms with van der Waals surface area (Å²) in [6, 6.07) is 14.9. The molecule has 0 spiro atoms. The molecule has 2 rings (SSSR count). The molecule has 1 atom stereocenters. The summed E-state index contributed by atoms with van der Waals surface area (Å²) < 4.78 is 13.2. The second-order valence-electron chi connectivity index (χ2n) is 4.80. The number of hydrazine groups is 1. The smallest absolute Gasteiger partial charge is 0.123 e. The van der Waals surface area contributed by atoms with Gasteiger partial charge in [0.25, 0.3) is 0 Å². The molecule has 2 aromatic rings. The topological polar surface area (TPSA) is 38.0 Å². The van der Waals surface area contributed by atoms with E-state index in [1.807, 2.05) is 6.07 Å². The number of nitrogens with two attached hydrogens (primary N) is 1. The summed E-state index contributed by atoms with van der Waals surface area (Å²) in [4.78, 5) is 0. The molecule has 0 aliphatic heterocycles. The second-order valence-corrected chi connectivity index (χ2v) is 4.80. The molecule has 0 aliphatic carbocycles. The number of hydrogen-bond acceptors (Lipinski definition) is 2. The van der Waals surface area contributed by atoms with E-state index in [-0.39, 0.29) is 11.9 Å². The Kier molecular flexibility index (Phi) is 4.66. The highest BCUT2D eigenvalue weighted by atomic mass is 19.1.